The van der Waals surface area contributed by atoms with Gasteiger partial charge in [0.15, 0.2) is 0 Å². The van der Waals surface area contributed by atoms with Crippen LogP contribution in [0.2, 0.25) is 0 Å². The van der Waals surface area contributed by atoms with Gasteiger partial charge < -0.3 is 0 Å². The Hall–Kier alpha value is -2.38. The van der Waals surface area contributed by atoms with Gasteiger partial charge in [-0.1, -0.05) is 0 Å². The largest absolute Gasteiger partial charge is 0.290 e. The Morgan fingerprint density at radius 1 is 1.20 bits per heavy atom. The van der Waals surface area contributed by atoms with E-state index in [9.17, 15) is 0 Å². The lowest BCUT2D eigenvalue weighted by Crippen LogP contribution is -2.07. The summed E-state index contributed by atoms with van der Waals surface area (Å²) in [4.78, 5) is 0. The van der Waals surface area contributed by atoms with E-state index in [-0.39, 0.29) is 0 Å². The fourth-order valence-electron chi connectivity index (χ4n) is 1.18. The van der Waals surface area contributed by atoms with Gasteiger partial charge in [0, 0.05) is 6.20 Å². The Balaban J connectivity index is 2.18. The molecule has 0 spiro atoms. The lowest BCUT2D eigenvalue weighted by atomic mass is 10.4. The maximum absolute atomic E-state index is 4.14. The summed E-state index contributed by atoms with van der Waals surface area (Å²) in [7, 11) is 0. The van der Waals surface area contributed by atoms with Crippen molar-refractivity contribution in [2.75, 3.05) is 0 Å². The van der Waals surface area contributed by atoms with E-state index in [0.717, 1.165) is 5.56 Å². The highest BCUT2D eigenvalue weighted by Crippen LogP contribution is 2.00. The summed E-state index contributed by atoms with van der Waals surface area (Å²) in [5.74, 6) is 0.748. The highest BCUT2D eigenvalue weighted by molar-refractivity contribution is 5.21. The van der Waals surface area contributed by atoms with E-state index >= 15 is 0 Å². The zero-order valence-electron chi connectivity index (χ0n) is 7.81. The second-order valence-electron chi connectivity index (χ2n) is 3.04. The van der Waals surface area contributed by atoms with Crippen molar-refractivity contribution in [3.63, 3.8) is 0 Å². The third-order valence-electron chi connectivity index (χ3n) is 1.86. The quantitative estimate of drug-likeness (QED) is 0.524. The molecule has 3 heterocycles. The molecule has 0 atom stereocenters. The van der Waals surface area contributed by atoms with Gasteiger partial charge in [-0.3, -0.25) is 0 Å². The lowest BCUT2D eigenvalue weighted by molar-refractivity contribution is 0.715. The van der Waals surface area contributed by atoms with E-state index in [2.05, 4.69) is 30.6 Å². The van der Waals surface area contributed by atoms with Crippen molar-refractivity contribution < 1.29 is 0 Å². The van der Waals surface area contributed by atoms with Crippen LogP contribution in [0.1, 0.15) is 5.56 Å². The molecule has 0 aliphatic heterocycles. The van der Waals surface area contributed by atoms with Crippen molar-refractivity contribution in [1.29, 1.82) is 0 Å². The van der Waals surface area contributed by atoms with Gasteiger partial charge in [-0.15, -0.1) is 25.5 Å². The number of hydrogen-bond acceptors (Lipinski definition) is 6. The van der Waals surface area contributed by atoms with Crippen LogP contribution in [0, 0.1) is 6.92 Å². The first-order valence-corrected chi connectivity index (χ1v) is 4.25. The molecule has 3 aromatic heterocycles. The molecule has 0 saturated heterocycles. The van der Waals surface area contributed by atoms with Crippen molar-refractivity contribution in [2.45, 2.75) is 6.92 Å². The molecular weight excluding hydrogens is 196 g/mol. The highest BCUT2D eigenvalue weighted by Gasteiger charge is 2.05. The Morgan fingerprint density at radius 3 is 2.93 bits per heavy atom. The van der Waals surface area contributed by atoms with E-state index in [1.54, 1.807) is 10.9 Å². The van der Waals surface area contributed by atoms with E-state index in [1.807, 2.05) is 13.1 Å². The van der Waals surface area contributed by atoms with E-state index < -0.39 is 0 Å². The molecule has 0 aromatic carbocycles. The maximum atomic E-state index is 4.14. The normalized spacial score (nSPS) is 11.0. The third-order valence-corrected chi connectivity index (χ3v) is 1.86. The zero-order chi connectivity index (χ0) is 10.3. The van der Waals surface area contributed by atoms with Crippen LogP contribution in [0.3, 0.4) is 0 Å². The molecule has 0 aliphatic rings. The second-order valence-corrected chi connectivity index (χ2v) is 3.04. The minimum atomic E-state index is 0.364. The van der Waals surface area contributed by atoms with Gasteiger partial charge in [0.1, 0.15) is 6.33 Å². The molecule has 0 fully saturated rings. The van der Waals surface area contributed by atoms with E-state index in [4.69, 9.17) is 0 Å². The van der Waals surface area contributed by atoms with Crippen LogP contribution >= 0.6 is 0 Å². The smallest absolute Gasteiger partial charge is 0.203 e. The van der Waals surface area contributed by atoms with Crippen LogP contribution in [0.4, 0.5) is 0 Å². The number of fused-ring (bicyclic) bond motifs is 1. The predicted molar refractivity (Wildman–Crippen MR) is 48.2 cm³/mol. The number of rotatable bonds is 1. The number of aryl methyl sites for hydroxylation is 1. The van der Waals surface area contributed by atoms with Crippen molar-refractivity contribution in [2.24, 2.45) is 0 Å². The molecular formula is C7H6N8. The molecule has 0 radical (unpaired) electrons. The highest BCUT2D eigenvalue weighted by atomic mass is 15.5. The zero-order valence-corrected chi connectivity index (χ0v) is 7.81. The summed E-state index contributed by atoms with van der Waals surface area (Å²) < 4.78 is 2.99. The maximum Gasteiger partial charge on any atom is 0.290 e. The first kappa shape index (κ1) is 7.97. The van der Waals surface area contributed by atoms with Crippen LogP contribution in [-0.2, 0) is 0 Å². The fourth-order valence-corrected chi connectivity index (χ4v) is 1.18. The molecule has 3 rings (SSSR count). The van der Waals surface area contributed by atoms with Crippen LogP contribution in [-0.4, -0.2) is 39.8 Å². The van der Waals surface area contributed by atoms with Gasteiger partial charge >= 0.3 is 0 Å². The van der Waals surface area contributed by atoms with Crippen LogP contribution < -0.4 is 0 Å². The summed E-state index contributed by atoms with van der Waals surface area (Å²) in [5.41, 5.74) is 1.03. The summed E-state index contributed by atoms with van der Waals surface area (Å²) in [5, 5.41) is 23.3. The number of aromatic nitrogens is 8. The topological polar surface area (TPSA) is 86.7 Å². The van der Waals surface area contributed by atoms with Crippen molar-refractivity contribution >= 4 is 5.78 Å². The van der Waals surface area contributed by atoms with E-state index in [0.29, 0.717) is 11.7 Å². The molecule has 0 aliphatic carbocycles. The molecule has 0 bridgehead atoms. The first-order valence-electron chi connectivity index (χ1n) is 4.25. The summed E-state index contributed by atoms with van der Waals surface area (Å²) in [6.45, 7) is 1.94. The summed E-state index contributed by atoms with van der Waals surface area (Å²) >= 11 is 0. The van der Waals surface area contributed by atoms with Gasteiger partial charge in [-0.2, -0.15) is 9.61 Å². The first-order chi connectivity index (χ1) is 7.33. The van der Waals surface area contributed by atoms with Crippen molar-refractivity contribution in [1.82, 2.24) is 39.8 Å². The fraction of sp³-hybridized carbons (Fsp3) is 0.143. The Labute approximate surface area is 83.6 Å². The minimum Gasteiger partial charge on any atom is -0.203 e. The molecule has 8 heteroatoms. The van der Waals surface area contributed by atoms with Crippen LogP contribution in [0.15, 0.2) is 18.7 Å². The molecule has 0 unspecified atom stereocenters. The van der Waals surface area contributed by atoms with E-state index in [1.165, 1.54) is 10.8 Å². The molecule has 0 amide bonds. The standard InChI is InChI=1S/C7H6N8/c1-5-2-9-14(3-5)7-12-11-6-10-8-4-15(6)13-7/h2-4H,1H3. The van der Waals surface area contributed by atoms with Crippen LogP contribution in [0.5, 0.6) is 0 Å². The molecule has 0 N–H and O–H groups in total. The molecule has 3 aromatic rings. The van der Waals surface area contributed by atoms with Crippen molar-refractivity contribution in [3.05, 3.63) is 24.3 Å². The molecule has 15 heavy (non-hydrogen) atoms. The molecule has 74 valence electrons. The van der Waals surface area contributed by atoms with Crippen LogP contribution in [0.25, 0.3) is 11.7 Å². The lowest BCUT2D eigenvalue weighted by Gasteiger charge is -1.96. The minimum absolute atomic E-state index is 0.364. The van der Waals surface area contributed by atoms with Gasteiger partial charge in [-0.25, -0.2) is 4.68 Å². The monoisotopic (exact) mass is 202 g/mol. The summed E-state index contributed by atoms with van der Waals surface area (Å²) in [6.07, 6.45) is 5.00. The Kier molecular flexibility index (Phi) is 1.49. The SMILES string of the molecule is Cc1cnn(-c2nnc3nncn3n2)c1. The average molecular weight is 202 g/mol. The number of hydrogen-bond donors (Lipinski definition) is 0. The number of nitrogens with zero attached hydrogens (tertiary/aromatic N) is 8. The Bertz CT molecular complexity index is 608. The Morgan fingerprint density at radius 2 is 2.13 bits per heavy atom. The predicted octanol–water partition coefficient (Wildman–Crippen LogP) is -0.592. The van der Waals surface area contributed by atoms with Gasteiger partial charge in [-0.05, 0) is 12.5 Å². The van der Waals surface area contributed by atoms with Crippen molar-refractivity contribution in [3.8, 4) is 5.95 Å². The molecule has 0 saturated carbocycles. The van der Waals surface area contributed by atoms with Gasteiger partial charge in [0.25, 0.3) is 11.7 Å². The third kappa shape index (κ3) is 1.23. The summed E-state index contributed by atoms with van der Waals surface area (Å²) in [6, 6.07) is 0. The van der Waals surface area contributed by atoms with Gasteiger partial charge in [0.2, 0.25) is 0 Å². The molecule has 8 nitrogen and oxygen atoms in total. The van der Waals surface area contributed by atoms with Gasteiger partial charge in [0.05, 0.1) is 6.20 Å². The average Bonchev–Trinajstić information content (AvgIpc) is 2.84. The second kappa shape index (κ2) is 2.80.